The number of sulfone groups is 2. The fourth-order valence-corrected chi connectivity index (χ4v) is 7.41. The molecule has 2 rings (SSSR count). The second-order valence-corrected chi connectivity index (χ2v) is 15.1. The first-order chi connectivity index (χ1) is 18.8. The summed E-state index contributed by atoms with van der Waals surface area (Å²) in [5.41, 5.74) is 11.9. The Kier molecular flexibility index (Phi) is 13.7. The van der Waals surface area contributed by atoms with Crippen LogP contribution in [0.5, 0.6) is 0 Å². The summed E-state index contributed by atoms with van der Waals surface area (Å²) >= 11 is 6.50. The minimum Gasteiger partial charge on any atom is -0.478 e. The number of carboxylic acid groups (broad SMARTS) is 1. The molecule has 0 bridgehead atoms. The van der Waals surface area contributed by atoms with E-state index in [1.165, 1.54) is 12.1 Å². The van der Waals surface area contributed by atoms with Gasteiger partial charge in [0, 0.05) is 21.5 Å². The molecule has 5 N–H and O–H groups in total. The van der Waals surface area contributed by atoms with Crippen molar-refractivity contribution < 1.29 is 31.5 Å². The molecule has 2 aromatic carbocycles. The number of carboxylic acids is 1. The highest BCUT2D eigenvalue weighted by molar-refractivity contribution is 9.10. The first-order valence-electron chi connectivity index (χ1n) is 12.8. The third-order valence-electron chi connectivity index (χ3n) is 6.54. The maximum absolute atomic E-state index is 12.1. The van der Waals surface area contributed by atoms with Crippen LogP contribution in [0.1, 0.15) is 97.1 Å². The zero-order chi connectivity index (χ0) is 31.9. The monoisotopic (exact) mass is 737 g/mol. The molecular weight excluding hydrogens is 702 g/mol. The van der Waals surface area contributed by atoms with Gasteiger partial charge in [-0.2, -0.15) is 4.99 Å². The second kappa shape index (κ2) is 15.3. The Morgan fingerprint density at radius 1 is 0.756 bits per heavy atom. The topological polar surface area (TPSA) is 187 Å². The summed E-state index contributed by atoms with van der Waals surface area (Å²) < 4.78 is 48.8. The molecule has 0 saturated heterocycles. The van der Waals surface area contributed by atoms with Gasteiger partial charge in [0.1, 0.15) is 0 Å². The number of aromatic carboxylic acids is 1. The number of hydrogen-bond donors (Lipinski definition) is 3. The minimum atomic E-state index is -3.48. The van der Waals surface area contributed by atoms with Gasteiger partial charge in [-0.1, -0.05) is 27.7 Å². The van der Waals surface area contributed by atoms with Crippen LogP contribution in [-0.4, -0.2) is 52.3 Å². The van der Waals surface area contributed by atoms with Crippen molar-refractivity contribution in [2.45, 2.75) is 75.0 Å². The summed E-state index contributed by atoms with van der Waals surface area (Å²) in [6.07, 6.45) is 5.43. The number of amides is 1. The average Bonchev–Trinajstić information content (AvgIpc) is 2.84. The maximum atomic E-state index is 12.1. The lowest BCUT2D eigenvalue weighted by molar-refractivity contribution is 0.0695. The maximum Gasteiger partial charge on any atom is 0.336 e. The number of aliphatic imine (C=N–C) groups is 1. The lowest BCUT2D eigenvalue weighted by Crippen LogP contribution is -2.24. The third kappa shape index (κ3) is 9.90. The summed E-state index contributed by atoms with van der Waals surface area (Å²) in [6.45, 7) is 7.96. The van der Waals surface area contributed by atoms with Gasteiger partial charge in [-0.05, 0) is 105 Å². The van der Waals surface area contributed by atoms with Crippen LogP contribution in [0.2, 0.25) is 0 Å². The summed E-state index contributed by atoms with van der Waals surface area (Å²) in [4.78, 5) is 26.8. The minimum absolute atomic E-state index is 0.0323. The summed E-state index contributed by atoms with van der Waals surface area (Å²) in [5, 5.41) is 9.07. The number of carbonyl (C=O) groups is 2. The molecular formula is C27H37Br2N3O7S2. The molecule has 14 heteroatoms. The Hall–Kier alpha value is -2.29. The van der Waals surface area contributed by atoms with E-state index in [4.69, 9.17) is 16.6 Å². The smallest absolute Gasteiger partial charge is 0.336 e. The molecule has 0 aliphatic heterocycles. The highest BCUT2D eigenvalue weighted by Crippen LogP contribution is 2.35. The molecule has 0 heterocycles. The predicted molar refractivity (Wildman–Crippen MR) is 168 cm³/mol. The van der Waals surface area contributed by atoms with E-state index < -0.39 is 31.6 Å². The Bertz CT molecular complexity index is 1530. The second-order valence-electron chi connectivity index (χ2n) is 9.46. The van der Waals surface area contributed by atoms with E-state index in [0.29, 0.717) is 20.1 Å². The Labute approximate surface area is 259 Å². The van der Waals surface area contributed by atoms with Crippen molar-refractivity contribution in [2.24, 2.45) is 16.5 Å². The van der Waals surface area contributed by atoms with Crippen molar-refractivity contribution in [1.82, 2.24) is 0 Å². The number of benzene rings is 2. The number of nitrogens with two attached hydrogens (primary N) is 2. The largest absolute Gasteiger partial charge is 0.478 e. The normalized spacial score (nSPS) is 11.7. The third-order valence-corrected chi connectivity index (χ3v) is 10.2. The van der Waals surface area contributed by atoms with E-state index in [1.807, 2.05) is 27.7 Å². The quantitative estimate of drug-likeness (QED) is 0.205. The number of hydrogen-bond acceptors (Lipinski definition) is 6. The van der Waals surface area contributed by atoms with Crippen LogP contribution in [0, 0.1) is 0 Å². The van der Waals surface area contributed by atoms with Gasteiger partial charge in [0.05, 0.1) is 20.9 Å². The molecule has 0 fully saturated rings. The van der Waals surface area contributed by atoms with Crippen molar-refractivity contribution in [3.05, 3.63) is 55.5 Å². The van der Waals surface area contributed by atoms with Gasteiger partial charge in [-0.15, -0.1) is 0 Å². The van der Waals surface area contributed by atoms with E-state index in [-0.39, 0.29) is 38.7 Å². The van der Waals surface area contributed by atoms with Crippen LogP contribution in [0.15, 0.2) is 48.0 Å². The van der Waals surface area contributed by atoms with Crippen LogP contribution in [0.3, 0.4) is 0 Å². The van der Waals surface area contributed by atoms with E-state index in [9.17, 15) is 26.4 Å². The highest BCUT2D eigenvalue weighted by atomic mass is 79.9. The van der Waals surface area contributed by atoms with Crippen molar-refractivity contribution in [3.63, 3.8) is 0 Å². The molecule has 228 valence electrons. The number of rotatable bonds is 10. The molecule has 0 unspecified atom stereocenters. The first-order valence-corrected chi connectivity index (χ1v) is 18.1. The molecule has 0 aliphatic carbocycles. The van der Waals surface area contributed by atoms with Crippen LogP contribution < -0.4 is 11.5 Å². The lowest BCUT2D eigenvalue weighted by Gasteiger charge is -2.18. The summed E-state index contributed by atoms with van der Waals surface area (Å²) in [6, 6.07) is 5.87. The first kappa shape index (κ1) is 36.7. The van der Waals surface area contributed by atoms with Gasteiger partial charge >= 0.3 is 5.97 Å². The predicted octanol–water partition coefficient (Wildman–Crippen LogP) is 5.62. The number of halogens is 2. The molecule has 0 aromatic heterocycles. The SMILES string of the molecule is CCC(CC)c1cc(Br)c(C(=O)N=C(N)N)cc1S(C)(=O)=O.CCC(CC)c1cc(Br)c(C(=O)O)cc1S(C)(=O)=O. The zero-order valence-electron chi connectivity index (χ0n) is 23.9. The molecule has 0 saturated carbocycles. The molecule has 41 heavy (non-hydrogen) atoms. The Balaban J connectivity index is 0.000000414. The van der Waals surface area contributed by atoms with Crippen LogP contribution >= 0.6 is 31.9 Å². The number of nitrogens with zero attached hydrogens (tertiary/aromatic N) is 1. The van der Waals surface area contributed by atoms with Gasteiger partial charge in [0.15, 0.2) is 25.6 Å². The molecule has 0 aliphatic rings. The van der Waals surface area contributed by atoms with E-state index in [0.717, 1.165) is 38.2 Å². The fraction of sp³-hybridized carbons (Fsp3) is 0.444. The van der Waals surface area contributed by atoms with Crippen molar-refractivity contribution in [3.8, 4) is 0 Å². The van der Waals surface area contributed by atoms with Gasteiger partial charge in [-0.3, -0.25) is 4.79 Å². The zero-order valence-corrected chi connectivity index (χ0v) is 28.7. The van der Waals surface area contributed by atoms with Gasteiger partial charge in [0.25, 0.3) is 5.91 Å². The highest BCUT2D eigenvalue weighted by Gasteiger charge is 2.24. The number of carbonyl (C=O) groups excluding carboxylic acids is 1. The van der Waals surface area contributed by atoms with E-state index in [2.05, 4.69) is 36.9 Å². The lowest BCUT2D eigenvalue weighted by atomic mass is 9.93. The number of guanidine groups is 1. The Morgan fingerprint density at radius 3 is 1.39 bits per heavy atom. The van der Waals surface area contributed by atoms with Crippen molar-refractivity contribution in [1.29, 1.82) is 0 Å². The van der Waals surface area contributed by atoms with Crippen LogP contribution in [0.4, 0.5) is 0 Å². The molecule has 2 aromatic rings. The van der Waals surface area contributed by atoms with E-state index >= 15 is 0 Å². The molecule has 0 radical (unpaired) electrons. The van der Waals surface area contributed by atoms with E-state index in [1.54, 1.807) is 12.1 Å². The Morgan fingerprint density at radius 2 is 1.10 bits per heavy atom. The van der Waals surface area contributed by atoms with Crippen molar-refractivity contribution >= 4 is 69.4 Å². The molecule has 0 spiro atoms. The molecule has 0 atom stereocenters. The van der Waals surface area contributed by atoms with Gasteiger partial charge in [-0.25, -0.2) is 21.6 Å². The van der Waals surface area contributed by atoms with Gasteiger partial charge in [0.2, 0.25) is 0 Å². The fourth-order valence-electron chi connectivity index (χ4n) is 4.38. The average molecular weight is 740 g/mol. The molecule has 1 amide bonds. The summed E-state index contributed by atoms with van der Waals surface area (Å²) in [5.74, 6) is -2.01. The van der Waals surface area contributed by atoms with Gasteiger partial charge < -0.3 is 16.6 Å². The van der Waals surface area contributed by atoms with Crippen LogP contribution in [-0.2, 0) is 19.7 Å². The summed E-state index contributed by atoms with van der Waals surface area (Å²) in [7, 11) is -6.94. The van der Waals surface area contributed by atoms with Crippen LogP contribution in [0.25, 0.3) is 0 Å². The standard InChI is InChI=1S/C14H20BrN3O3S.C13H17BrO4S/c1-4-8(5-2)9-6-11(15)10(13(19)18-14(16)17)7-12(9)22(3,20)21;1-4-8(5-2)9-6-11(14)10(13(15)16)7-12(9)19(3,17)18/h6-8H,4-5H2,1-3H3,(H4,16,17,18,19);6-8H,4-5H2,1-3H3,(H,15,16). The molecule has 10 nitrogen and oxygen atoms in total. The van der Waals surface area contributed by atoms with Crippen molar-refractivity contribution in [2.75, 3.05) is 12.5 Å².